The van der Waals surface area contributed by atoms with Gasteiger partial charge in [0.1, 0.15) is 0 Å². The zero-order valence-corrected chi connectivity index (χ0v) is 12.8. The number of hydrogen-bond donors (Lipinski definition) is 0. The molecule has 0 aromatic heterocycles. The van der Waals surface area contributed by atoms with Gasteiger partial charge in [-0.05, 0) is 45.7 Å². The average Bonchev–Trinajstić information content (AvgIpc) is 2.48. The van der Waals surface area contributed by atoms with E-state index >= 15 is 0 Å². The van der Waals surface area contributed by atoms with Gasteiger partial charge in [-0.3, -0.25) is 0 Å². The van der Waals surface area contributed by atoms with Crippen LogP contribution in [0.2, 0.25) is 0 Å². The number of rotatable bonds is 1. The van der Waals surface area contributed by atoms with Crippen LogP contribution in [0.3, 0.4) is 0 Å². The normalized spacial score (nSPS) is 15.2. The van der Waals surface area contributed by atoms with Crippen molar-refractivity contribution < 1.29 is 0 Å². The Hall–Kier alpha value is -0.600. The molecule has 0 N–H and O–H groups in total. The second kappa shape index (κ2) is 5.36. The Balaban J connectivity index is 0.00000144. The molecule has 0 aliphatic carbocycles. The SMILES string of the molecule is CC1=C(C)N(c2c(C)cc(C)cc2C)CS1.Cl. The molecule has 2 rings (SSSR count). The molecule has 1 heterocycles. The fourth-order valence-corrected chi connectivity index (χ4v) is 3.35. The van der Waals surface area contributed by atoms with Gasteiger partial charge >= 0.3 is 0 Å². The van der Waals surface area contributed by atoms with Gasteiger partial charge in [-0.2, -0.15) is 0 Å². The Morgan fingerprint density at radius 3 is 1.94 bits per heavy atom. The summed E-state index contributed by atoms with van der Waals surface area (Å²) < 4.78 is 0. The van der Waals surface area contributed by atoms with Gasteiger partial charge in [0.05, 0.1) is 5.88 Å². The second-order valence-corrected chi connectivity index (χ2v) is 5.75. The lowest BCUT2D eigenvalue weighted by atomic mass is 10.0. The summed E-state index contributed by atoms with van der Waals surface area (Å²) in [5.74, 6) is 1.06. The highest BCUT2D eigenvalue weighted by Gasteiger charge is 2.21. The van der Waals surface area contributed by atoms with Crippen molar-refractivity contribution in [3.63, 3.8) is 0 Å². The van der Waals surface area contributed by atoms with Crippen LogP contribution in [0.4, 0.5) is 5.69 Å². The summed E-state index contributed by atoms with van der Waals surface area (Å²) in [5.41, 5.74) is 6.91. The van der Waals surface area contributed by atoms with Crippen molar-refractivity contribution in [2.75, 3.05) is 10.8 Å². The predicted octanol–water partition coefficient (Wildman–Crippen LogP) is 4.80. The minimum atomic E-state index is 0. The molecule has 0 bridgehead atoms. The zero-order chi connectivity index (χ0) is 11.9. The zero-order valence-electron chi connectivity index (χ0n) is 11.1. The lowest BCUT2D eigenvalue weighted by Gasteiger charge is -2.24. The van der Waals surface area contributed by atoms with Gasteiger partial charge in [-0.25, -0.2) is 0 Å². The molecule has 0 spiro atoms. The quantitative estimate of drug-likeness (QED) is 0.721. The number of allylic oxidation sites excluding steroid dienone is 2. The highest BCUT2D eigenvalue weighted by atomic mass is 35.5. The minimum Gasteiger partial charge on any atom is -0.334 e. The molecule has 0 unspecified atom stereocenters. The lowest BCUT2D eigenvalue weighted by Crippen LogP contribution is -2.18. The van der Waals surface area contributed by atoms with E-state index in [1.807, 2.05) is 11.8 Å². The van der Waals surface area contributed by atoms with Gasteiger partial charge < -0.3 is 4.90 Å². The average molecular weight is 270 g/mol. The number of nitrogens with zero attached hydrogens (tertiary/aromatic N) is 1. The van der Waals surface area contributed by atoms with E-state index in [9.17, 15) is 0 Å². The highest BCUT2D eigenvalue weighted by molar-refractivity contribution is 8.03. The summed E-state index contributed by atoms with van der Waals surface area (Å²) in [7, 11) is 0. The molecule has 0 saturated carbocycles. The van der Waals surface area contributed by atoms with Crippen molar-refractivity contribution in [3.8, 4) is 0 Å². The van der Waals surface area contributed by atoms with Crippen LogP contribution in [0.25, 0.3) is 0 Å². The fraction of sp³-hybridized carbons (Fsp3) is 0.429. The highest BCUT2D eigenvalue weighted by Crippen LogP contribution is 2.38. The number of thioether (sulfide) groups is 1. The van der Waals surface area contributed by atoms with Crippen LogP contribution in [-0.2, 0) is 0 Å². The van der Waals surface area contributed by atoms with Crippen LogP contribution in [0.5, 0.6) is 0 Å². The third-order valence-corrected chi connectivity index (χ3v) is 4.35. The number of hydrogen-bond acceptors (Lipinski definition) is 2. The monoisotopic (exact) mass is 269 g/mol. The molecule has 1 aliphatic heterocycles. The largest absolute Gasteiger partial charge is 0.334 e. The smallest absolute Gasteiger partial charge is 0.0729 e. The molecule has 0 saturated heterocycles. The molecule has 0 radical (unpaired) electrons. The van der Waals surface area contributed by atoms with Gasteiger partial charge in [0.25, 0.3) is 0 Å². The summed E-state index contributed by atoms with van der Waals surface area (Å²) >= 11 is 1.94. The topological polar surface area (TPSA) is 3.24 Å². The summed E-state index contributed by atoms with van der Waals surface area (Å²) in [6.07, 6.45) is 0. The Labute approximate surface area is 115 Å². The molecular weight excluding hydrogens is 250 g/mol. The van der Waals surface area contributed by atoms with Gasteiger partial charge in [0.15, 0.2) is 0 Å². The first-order valence-electron chi connectivity index (χ1n) is 5.66. The summed E-state index contributed by atoms with van der Waals surface area (Å²) in [6, 6.07) is 4.54. The van der Waals surface area contributed by atoms with E-state index in [0.717, 1.165) is 5.88 Å². The third kappa shape index (κ3) is 2.63. The molecular formula is C14H20ClNS. The van der Waals surface area contributed by atoms with Crippen molar-refractivity contribution in [1.82, 2.24) is 0 Å². The maximum Gasteiger partial charge on any atom is 0.0729 e. The molecule has 1 nitrogen and oxygen atoms in total. The maximum atomic E-state index is 2.43. The van der Waals surface area contributed by atoms with Crippen molar-refractivity contribution >= 4 is 29.9 Å². The fourth-order valence-electron chi connectivity index (χ4n) is 2.38. The number of anilines is 1. The molecule has 94 valence electrons. The van der Waals surface area contributed by atoms with Crippen molar-refractivity contribution in [1.29, 1.82) is 0 Å². The van der Waals surface area contributed by atoms with Crippen LogP contribution in [-0.4, -0.2) is 5.88 Å². The van der Waals surface area contributed by atoms with Crippen LogP contribution in [0, 0.1) is 20.8 Å². The number of benzene rings is 1. The van der Waals surface area contributed by atoms with Crippen LogP contribution in [0.1, 0.15) is 30.5 Å². The number of halogens is 1. The predicted molar refractivity (Wildman–Crippen MR) is 81.2 cm³/mol. The summed E-state index contributed by atoms with van der Waals surface area (Å²) in [5, 5.41) is 0. The van der Waals surface area contributed by atoms with E-state index < -0.39 is 0 Å². The molecule has 0 amide bonds. The molecule has 1 aromatic rings. The molecule has 1 aromatic carbocycles. The molecule has 0 atom stereocenters. The van der Waals surface area contributed by atoms with E-state index in [-0.39, 0.29) is 12.4 Å². The standard InChI is InChI=1S/C14H19NS.ClH/c1-9-6-10(2)14(11(3)7-9)15-8-16-13(5)12(15)4;/h6-7H,8H2,1-5H3;1H. The Morgan fingerprint density at radius 1 is 1.00 bits per heavy atom. The van der Waals surface area contributed by atoms with Gasteiger partial charge in [0, 0.05) is 16.3 Å². The Morgan fingerprint density at radius 2 is 1.53 bits per heavy atom. The van der Waals surface area contributed by atoms with E-state index in [2.05, 4.69) is 51.7 Å². The van der Waals surface area contributed by atoms with Gasteiger partial charge in [-0.15, -0.1) is 24.2 Å². The first-order chi connectivity index (χ1) is 7.50. The molecule has 0 fully saturated rings. The van der Waals surface area contributed by atoms with E-state index in [0.29, 0.717) is 0 Å². The molecule has 3 heteroatoms. The Bertz CT molecular complexity index is 442. The summed E-state index contributed by atoms with van der Waals surface area (Å²) in [6.45, 7) is 11.0. The first-order valence-corrected chi connectivity index (χ1v) is 6.65. The van der Waals surface area contributed by atoms with Crippen molar-refractivity contribution in [2.45, 2.75) is 34.6 Å². The van der Waals surface area contributed by atoms with Crippen LogP contribution >= 0.6 is 24.2 Å². The van der Waals surface area contributed by atoms with Crippen molar-refractivity contribution in [3.05, 3.63) is 39.4 Å². The minimum absolute atomic E-state index is 0. The van der Waals surface area contributed by atoms with Gasteiger partial charge in [-0.1, -0.05) is 17.7 Å². The second-order valence-electron chi connectivity index (χ2n) is 4.59. The molecule has 1 aliphatic rings. The van der Waals surface area contributed by atoms with Crippen LogP contribution < -0.4 is 4.90 Å². The van der Waals surface area contributed by atoms with Crippen molar-refractivity contribution in [2.24, 2.45) is 0 Å². The number of aryl methyl sites for hydroxylation is 3. The first kappa shape index (κ1) is 14.5. The van der Waals surface area contributed by atoms with E-state index in [1.165, 1.54) is 33.0 Å². The Kier molecular flexibility index (Phi) is 4.56. The van der Waals surface area contributed by atoms with Gasteiger partial charge in [0.2, 0.25) is 0 Å². The van der Waals surface area contributed by atoms with Crippen LogP contribution in [0.15, 0.2) is 22.7 Å². The third-order valence-electron chi connectivity index (χ3n) is 3.23. The van der Waals surface area contributed by atoms with E-state index in [1.54, 1.807) is 0 Å². The maximum absolute atomic E-state index is 2.43. The molecule has 17 heavy (non-hydrogen) atoms. The lowest BCUT2D eigenvalue weighted by molar-refractivity contribution is 1.05. The van der Waals surface area contributed by atoms with E-state index in [4.69, 9.17) is 0 Å². The summed E-state index contributed by atoms with van der Waals surface area (Å²) in [4.78, 5) is 3.88.